The van der Waals surface area contributed by atoms with E-state index < -0.39 is 0 Å². The van der Waals surface area contributed by atoms with Crippen LogP contribution >= 0.6 is 0 Å². The summed E-state index contributed by atoms with van der Waals surface area (Å²) in [6, 6.07) is 0.323. The Hall–Kier alpha value is -0.650. The van der Waals surface area contributed by atoms with Gasteiger partial charge in [0.2, 0.25) is 5.91 Å². The average molecular weight is 229 g/mol. The molecule has 1 fully saturated rings. The molecule has 0 aromatic carbocycles. The Morgan fingerprint density at radius 2 is 2.19 bits per heavy atom. The first-order chi connectivity index (χ1) is 7.59. The van der Waals surface area contributed by atoms with E-state index in [1.807, 2.05) is 13.8 Å². The molecule has 5 nitrogen and oxygen atoms in total. The van der Waals surface area contributed by atoms with Gasteiger partial charge in [-0.1, -0.05) is 0 Å². The summed E-state index contributed by atoms with van der Waals surface area (Å²) < 4.78 is 5.35. The molecule has 0 bridgehead atoms. The van der Waals surface area contributed by atoms with Gasteiger partial charge < -0.3 is 20.7 Å². The topological polar surface area (TPSA) is 62.4 Å². The Kier molecular flexibility index (Phi) is 5.73. The van der Waals surface area contributed by atoms with Crippen molar-refractivity contribution in [3.63, 3.8) is 0 Å². The molecular formula is C11H23N3O2. The highest BCUT2D eigenvalue weighted by atomic mass is 16.5. The highest BCUT2D eigenvalue weighted by Gasteiger charge is 2.22. The molecule has 94 valence electrons. The maximum atomic E-state index is 11.7. The van der Waals surface area contributed by atoms with Crippen LogP contribution in [0.25, 0.3) is 0 Å². The molecule has 16 heavy (non-hydrogen) atoms. The van der Waals surface area contributed by atoms with Gasteiger partial charge >= 0.3 is 0 Å². The molecule has 1 aliphatic rings. The van der Waals surface area contributed by atoms with Crippen LogP contribution in [0.15, 0.2) is 0 Å². The van der Waals surface area contributed by atoms with Gasteiger partial charge in [0, 0.05) is 25.7 Å². The average Bonchev–Trinajstić information content (AvgIpc) is 2.25. The van der Waals surface area contributed by atoms with E-state index in [0.29, 0.717) is 25.7 Å². The van der Waals surface area contributed by atoms with Gasteiger partial charge in [0.15, 0.2) is 0 Å². The summed E-state index contributed by atoms with van der Waals surface area (Å²) in [7, 11) is 0. The molecule has 0 radical (unpaired) electrons. The highest BCUT2D eigenvalue weighted by molar-refractivity contribution is 5.82. The Bertz CT molecular complexity index is 213. The zero-order chi connectivity index (χ0) is 12.0. The standard InChI is InChI=1S/C11H23N3O2/c1-8(2)16-5-4-12-11(15)10-7-13-9(3)6-14-10/h8-10,13-14H,4-7H2,1-3H3,(H,12,15). The van der Waals surface area contributed by atoms with Crippen molar-refractivity contribution in [2.24, 2.45) is 0 Å². The minimum atomic E-state index is -0.116. The second kappa shape index (κ2) is 6.83. The molecule has 1 amide bonds. The lowest BCUT2D eigenvalue weighted by molar-refractivity contribution is -0.123. The fourth-order valence-corrected chi connectivity index (χ4v) is 1.56. The molecule has 1 aliphatic heterocycles. The number of carbonyl (C=O) groups is 1. The quantitative estimate of drug-likeness (QED) is 0.555. The van der Waals surface area contributed by atoms with E-state index in [9.17, 15) is 4.79 Å². The molecule has 3 N–H and O–H groups in total. The van der Waals surface area contributed by atoms with Crippen LogP contribution < -0.4 is 16.0 Å². The SMILES string of the molecule is CC1CNC(C(=O)NCCOC(C)C)CN1. The predicted octanol–water partition coefficient (Wildman–Crippen LogP) is -0.522. The number of rotatable bonds is 5. The van der Waals surface area contributed by atoms with Gasteiger partial charge in [-0.3, -0.25) is 4.79 Å². The molecule has 1 heterocycles. The molecule has 0 aromatic heterocycles. The zero-order valence-electron chi connectivity index (χ0n) is 10.4. The van der Waals surface area contributed by atoms with Crippen molar-refractivity contribution in [2.75, 3.05) is 26.2 Å². The van der Waals surface area contributed by atoms with Gasteiger partial charge in [0.1, 0.15) is 0 Å². The predicted molar refractivity (Wildman–Crippen MR) is 63.4 cm³/mol. The van der Waals surface area contributed by atoms with E-state index in [-0.39, 0.29) is 18.1 Å². The zero-order valence-corrected chi connectivity index (χ0v) is 10.4. The second-order valence-electron chi connectivity index (χ2n) is 4.48. The van der Waals surface area contributed by atoms with E-state index in [4.69, 9.17) is 4.74 Å². The van der Waals surface area contributed by atoms with Crippen molar-refractivity contribution in [3.8, 4) is 0 Å². The molecule has 1 saturated heterocycles. The van der Waals surface area contributed by atoms with Gasteiger partial charge in [-0.05, 0) is 20.8 Å². The minimum Gasteiger partial charge on any atom is -0.377 e. The van der Waals surface area contributed by atoms with Crippen LogP contribution in [0.1, 0.15) is 20.8 Å². The number of amides is 1. The Morgan fingerprint density at radius 3 is 2.75 bits per heavy atom. The molecule has 0 aromatic rings. The summed E-state index contributed by atoms with van der Waals surface area (Å²) in [5, 5.41) is 9.33. The summed E-state index contributed by atoms with van der Waals surface area (Å²) in [6.07, 6.45) is 0.215. The maximum Gasteiger partial charge on any atom is 0.238 e. The van der Waals surface area contributed by atoms with Crippen LogP contribution in [-0.4, -0.2) is 50.3 Å². The molecule has 0 spiro atoms. The lowest BCUT2D eigenvalue weighted by Crippen LogP contribution is -2.59. The number of piperazine rings is 1. The van der Waals surface area contributed by atoms with E-state index in [1.165, 1.54) is 0 Å². The van der Waals surface area contributed by atoms with Crippen LogP contribution in [0.5, 0.6) is 0 Å². The molecule has 1 rings (SSSR count). The number of ether oxygens (including phenoxy) is 1. The van der Waals surface area contributed by atoms with Crippen molar-refractivity contribution < 1.29 is 9.53 Å². The van der Waals surface area contributed by atoms with E-state index in [0.717, 1.165) is 6.54 Å². The van der Waals surface area contributed by atoms with E-state index >= 15 is 0 Å². The number of carbonyl (C=O) groups excluding carboxylic acids is 1. The van der Waals surface area contributed by atoms with Gasteiger partial charge in [0.25, 0.3) is 0 Å². The second-order valence-corrected chi connectivity index (χ2v) is 4.48. The fourth-order valence-electron chi connectivity index (χ4n) is 1.56. The third-order valence-corrected chi connectivity index (χ3v) is 2.51. The lowest BCUT2D eigenvalue weighted by atomic mass is 10.1. The molecule has 2 unspecified atom stereocenters. The first-order valence-corrected chi connectivity index (χ1v) is 5.95. The third-order valence-electron chi connectivity index (χ3n) is 2.51. The van der Waals surface area contributed by atoms with Crippen LogP contribution in [-0.2, 0) is 9.53 Å². The normalized spacial score (nSPS) is 25.8. The van der Waals surface area contributed by atoms with Crippen LogP contribution in [0, 0.1) is 0 Å². The molecular weight excluding hydrogens is 206 g/mol. The third kappa shape index (κ3) is 4.92. The maximum absolute atomic E-state index is 11.7. The highest BCUT2D eigenvalue weighted by Crippen LogP contribution is 1.93. The van der Waals surface area contributed by atoms with E-state index in [2.05, 4.69) is 22.9 Å². The van der Waals surface area contributed by atoms with Gasteiger partial charge in [-0.25, -0.2) is 0 Å². The summed E-state index contributed by atoms with van der Waals surface area (Å²) in [5.74, 6) is 0.0479. The van der Waals surface area contributed by atoms with Crippen molar-refractivity contribution in [1.29, 1.82) is 0 Å². The number of nitrogens with one attached hydrogen (secondary N) is 3. The summed E-state index contributed by atoms with van der Waals surface area (Å²) in [5.41, 5.74) is 0. The summed E-state index contributed by atoms with van der Waals surface area (Å²) in [4.78, 5) is 11.7. The Morgan fingerprint density at radius 1 is 1.44 bits per heavy atom. The molecule has 0 saturated carbocycles. The largest absolute Gasteiger partial charge is 0.377 e. The first kappa shape index (κ1) is 13.4. The fraction of sp³-hybridized carbons (Fsp3) is 0.909. The van der Waals surface area contributed by atoms with Gasteiger partial charge in [0.05, 0.1) is 18.8 Å². The van der Waals surface area contributed by atoms with Crippen LogP contribution in [0.3, 0.4) is 0 Å². The molecule has 5 heteroatoms. The van der Waals surface area contributed by atoms with Crippen molar-refractivity contribution >= 4 is 5.91 Å². The van der Waals surface area contributed by atoms with Crippen molar-refractivity contribution in [2.45, 2.75) is 39.0 Å². The lowest BCUT2D eigenvalue weighted by Gasteiger charge is -2.28. The molecule has 2 atom stereocenters. The molecule has 0 aliphatic carbocycles. The Balaban J connectivity index is 2.10. The minimum absolute atomic E-state index is 0.0479. The number of hydrogen-bond donors (Lipinski definition) is 3. The summed E-state index contributed by atoms with van der Waals surface area (Å²) in [6.45, 7) is 8.73. The van der Waals surface area contributed by atoms with Crippen molar-refractivity contribution in [1.82, 2.24) is 16.0 Å². The van der Waals surface area contributed by atoms with Gasteiger partial charge in [-0.2, -0.15) is 0 Å². The first-order valence-electron chi connectivity index (χ1n) is 5.95. The van der Waals surface area contributed by atoms with Crippen LogP contribution in [0.2, 0.25) is 0 Å². The van der Waals surface area contributed by atoms with Crippen LogP contribution in [0.4, 0.5) is 0 Å². The van der Waals surface area contributed by atoms with Crippen molar-refractivity contribution in [3.05, 3.63) is 0 Å². The smallest absolute Gasteiger partial charge is 0.238 e. The van der Waals surface area contributed by atoms with Gasteiger partial charge in [-0.15, -0.1) is 0 Å². The Labute approximate surface area is 97.3 Å². The monoisotopic (exact) mass is 229 g/mol. The number of hydrogen-bond acceptors (Lipinski definition) is 4. The summed E-state index contributed by atoms with van der Waals surface area (Å²) >= 11 is 0. The van der Waals surface area contributed by atoms with E-state index in [1.54, 1.807) is 0 Å².